The van der Waals surface area contributed by atoms with Crippen LogP contribution >= 0.6 is 11.3 Å². The van der Waals surface area contributed by atoms with E-state index >= 15 is 0 Å². The van der Waals surface area contributed by atoms with E-state index in [0.29, 0.717) is 15.8 Å². The number of anilines is 1. The molecule has 0 radical (unpaired) electrons. The zero-order valence-electron chi connectivity index (χ0n) is 6.11. The highest BCUT2D eigenvalue weighted by atomic mass is 32.1. The Morgan fingerprint density at radius 2 is 2.00 bits per heavy atom. The number of hydrogen-bond acceptors (Lipinski definition) is 4. The summed E-state index contributed by atoms with van der Waals surface area (Å²) in [5.41, 5.74) is 5.90. The first kappa shape index (κ1) is 7.24. The SMILES string of the molecule is Nc1c(O)cc(O)c2sccc12. The summed E-state index contributed by atoms with van der Waals surface area (Å²) in [6.07, 6.45) is 0. The Hall–Kier alpha value is -1.42. The molecule has 0 atom stereocenters. The van der Waals surface area contributed by atoms with Crippen LogP contribution in [0.3, 0.4) is 0 Å². The number of benzene rings is 1. The van der Waals surface area contributed by atoms with Gasteiger partial charge in [-0.3, -0.25) is 0 Å². The molecule has 4 N–H and O–H groups in total. The molecule has 0 fully saturated rings. The molecule has 62 valence electrons. The number of rotatable bonds is 0. The van der Waals surface area contributed by atoms with Crippen molar-refractivity contribution in [3.63, 3.8) is 0 Å². The standard InChI is InChI=1S/C8H7NO2S/c9-7-4-1-2-12-8(4)6(11)3-5(7)10/h1-3,10-11H,9H2. The molecule has 1 heterocycles. The van der Waals surface area contributed by atoms with Gasteiger partial charge in [-0.15, -0.1) is 11.3 Å². The van der Waals surface area contributed by atoms with Gasteiger partial charge in [0.1, 0.15) is 11.5 Å². The Labute approximate surface area is 72.7 Å². The van der Waals surface area contributed by atoms with E-state index in [2.05, 4.69) is 0 Å². The van der Waals surface area contributed by atoms with Gasteiger partial charge in [0.05, 0.1) is 10.4 Å². The van der Waals surface area contributed by atoms with Gasteiger partial charge >= 0.3 is 0 Å². The van der Waals surface area contributed by atoms with Crippen molar-refractivity contribution >= 4 is 27.1 Å². The monoisotopic (exact) mass is 181 g/mol. The predicted molar refractivity (Wildman–Crippen MR) is 49.6 cm³/mol. The molecule has 1 aromatic carbocycles. The van der Waals surface area contributed by atoms with Crippen molar-refractivity contribution in [3.05, 3.63) is 17.5 Å². The Balaban J connectivity index is 2.97. The number of thiophene rings is 1. The lowest BCUT2D eigenvalue weighted by atomic mass is 10.2. The molecule has 0 saturated carbocycles. The summed E-state index contributed by atoms with van der Waals surface area (Å²) in [6, 6.07) is 3.03. The van der Waals surface area contributed by atoms with Gasteiger partial charge in [0.25, 0.3) is 0 Å². The van der Waals surface area contributed by atoms with Crippen molar-refractivity contribution in [2.24, 2.45) is 0 Å². The third-order valence-electron chi connectivity index (χ3n) is 1.74. The van der Waals surface area contributed by atoms with Crippen molar-refractivity contribution in [1.82, 2.24) is 0 Å². The fraction of sp³-hybridized carbons (Fsp3) is 0. The predicted octanol–water partition coefficient (Wildman–Crippen LogP) is 1.89. The van der Waals surface area contributed by atoms with E-state index in [-0.39, 0.29) is 11.5 Å². The lowest BCUT2D eigenvalue weighted by Crippen LogP contribution is -1.85. The first-order chi connectivity index (χ1) is 5.70. The van der Waals surface area contributed by atoms with Crippen LogP contribution in [0.4, 0.5) is 5.69 Å². The van der Waals surface area contributed by atoms with E-state index in [1.165, 1.54) is 17.4 Å². The number of phenolic OH excluding ortho intramolecular Hbond substituents is 2. The summed E-state index contributed by atoms with van der Waals surface area (Å²) < 4.78 is 0.713. The number of hydrogen-bond donors (Lipinski definition) is 3. The average molecular weight is 181 g/mol. The second-order valence-electron chi connectivity index (χ2n) is 2.49. The molecule has 0 saturated heterocycles. The maximum Gasteiger partial charge on any atom is 0.142 e. The molecule has 0 spiro atoms. The van der Waals surface area contributed by atoms with Crippen LogP contribution in [-0.2, 0) is 0 Å². The summed E-state index contributed by atoms with van der Waals surface area (Å²) in [5, 5.41) is 21.1. The quantitative estimate of drug-likeness (QED) is 0.330. The summed E-state index contributed by atoms with van der Waals surface area (Å²) in [7, 11) is 0. The van der Waals surface area contributed by atoms with Gasteiger partial charge in [-0.05, 0) is 11.4 Å². The van der Waals surface area contributed by atoms with Gasteiger partial charge in [0.15, 0.2) is 0 Å². The van der Waals surface area contributed by atoms with E-state index in [1.54, 1.807) is 6.07 Å². The van der Waals surface area contributed by atoms with E-state index in [0.717, 1.165) is 0 Å². The summed E-state index contributed by atoms with van der Waals surface area (Å²) in [6.45, 7) is 0. The minimum Gasteiger partial charge on any atom is -0.506 e. The maximum absolute atomic E-state index is 9.36. The fourth-order valence-corrected chi connectivity index (χ4v) is 1.96. The molecule has 12 heavy (non-hydrogen) atoms. The lowest BCUT2D eigenvalue weighted by molar-refractivity contribution is 0.457. The van der Waals surface area contributed by atoms with Crippen molar-refractivity contribution in [3.8, 4) is 11.5 Å². The second-order valence-corrected chi connectivity index (χ2v) is 3.41. The Morgan fingerprint density at radius 1 is 1.25 bits per heavy atom. The highest BCUT2D eigenvalue weighted by molar-refractivity contribution is 7.17. The number of fused-ring (bicyclic) bond motifs is 1. The Morgan fingerprint density at radius 3 is 2.75 bits per heavy atom. The van der Waals surface area contributed by atoms with Gasteiger partial charge in [-0.2, -0.15) is 0 Å². The lowest BCUT2D eigenvalue weighted by Gasteiger charge is -2.01. The van der Waals surface area contributed by atoms with E-state index in [1.807, 2.05) is 5.38 Å². The highest BCUT2D eigenvalue weighted by Gasteiger charge is 2.08. The third-order valence-corrected chi connectivity index (χ3v) is 2.67. The molecular weight excluding hydrogens is 174 g/mol. The molecule has 3 nitrogen and oxygen atoms in total. The fourth-order valence-electron chi connectivity index (χ4n) is 1.13. The van der Waals surface area contributed by atoms with Gasteiger partial charge in [-0.1, -0.05) is 0 Å². The van der Waals surface area contributed by atoms with Crippen LogP contribution in [0.5, 0.6) is 11.5 Å². The number of nitrogens with two attached hydrogens (primary N) is 1. The van der Waals surface area contributed by atoms with Crippen LogP contribution in [0.2, 0.25) is 0 Å². The summed E-state index contributed by atoms with van der Waals surface area (Å²) in [4.78, 5) is 0. The average Bonchev–Trinajstić information content (AvgIpc) is 2.48. The van der Waals surface area contributed by atoms with Crippen LogP contribution in [0.25, 0.3) is 10.1 Å². The van der Waals surface area contributed by atoms with Crippen LogP contribution in [0, 0.1) is 0 Å². The molecule has 4 heteroatoms. The van der Waals surface area contributed by atoms with Crippen LogP contribution in [-0.4, -0.2) is 10.2 Å². The molecule has 1 aromatic heterocycles. The first-order valence-electron chi connectivity index (χ1n) is 3.38. The van der Waals surface area contributed by atoms with Gasteiger partial charge in [0.2, 0.25) is 0 Å². The topological polar surface area (TPSA) is 66.5 Å². The molecular formula is C8H7NO2S. The summed E-state index contributed by atoms with van der Waals surface area (Å²) >= 11 is 1.40. The molecule has 0 amide bonds. The van der Waals surface area contributed by atoms with Gasteiger partial charge in [-0.25, -0.2) is 0 Å². The molecule has 2 aromatic rings. The molecule has 0 bridgehead atoms. The minimum absolute atomic E-state index is 0.0709. The molecule has 0 aliphatic rings. The molecule has 0 aliphatic heterocycles. The summed E-state index contributed by atoms with van der Waals surface area (Å²) in [5.74, 6) is 0.00472. The highest BCUT2D eigenvalue weighted by Crippen LogP contribution is 2.39. The van der Waals surface area contributed by atoms with Crippen molar-refractivity contribution in [1.29, 1.82) is 0 Å². The Kier molecular flexibility index (Phi) is 1.38. The van der Waals surface area contributed by atoms with Crippen LogP contribution in [0.15, 0.2) is 17.5 Å². The third kappa shape index (κ3) is 0.816. The normalized spacial score (nSPS) is 10.7. The number of phenols is 2. The van der Waals surface area contributed by atoms with Crippen LogP contribution < -0.4 is 5.73 Å². The molecule has 0 aliphatic carbocycles. The first-order valence-corrected chi connectivity index (χ1v) is 4.25. The number of nitrogen functional groups attached to an aromatic ring is 1. The van der Waals surface area contributed by atoms with Gasteiger partial charge in [0, 0.05) is 11.5 Å². The zero-order valence-corrected chi connectivity index (χ0v) is 6.93. The number of aromatic hydroxyl groups is 2. The maximum atomic E-state index is 9.36. The van der Waals surface area contributed by atoms with E-state index in [4.69, 9.17) is 5.73 Å². The van der Waals surface area contributed by atoms with E-state index in [9.17, 15) is 10.2 Å². The second kappa shape index (κ2) is 2.28. The Bertz CT molecular complexity index is 436. The largest absolute Gasteiger partial charge is 0.506 e. The van der Waals surface area contributed by atoms with Crippen molar-refractivity contribution in [2.45, 2.75) is 0 Å². The van der Waals surface area contributed by atoms with Crippen molar-refractivity contribution < 1.29 is 10.2 Å². The molecule has 0 unspecified atom stereocenters. The molecule has 2 rings (SSSR count). The zero-order chi connectivity index (χ0) is 8.72. The van der Waals surface area contributed by atoms with Crippen LogP contribution in [0.1, 0.15) is 0 Å². The minimum atomic E-state index is -0.0709. The van der Waals surface area contributed by atoms with Crippen molar-refractivity contribution in [2.75, 3.05) is 5.73 Å². The van der Waals surface area contributed by atoms with Gasteiger partial charge < -0.3 is 15.9 Å². The van der Waals surface area contributed by atoms with E-state index < -0.39 is 0 Å². The smallest absolute Gasteiger partial charge is 0.142 e.